The topological polar surface area (TPSA) is 76.7 Å². The first-order valence-electron chi connectivity index (χ1n) is 7.78. The van der Waals surface area contributed by atoms with Crippen LogP contribution in [0.25, 0.3) is 6.08 Å². The van der Waals surface area contributed by atoms with Crippen molar-refractivity contribution in [2.45, 2.75) is 6.92 Å². The fraction of sp³-hybridized carbons (Fsp3) is 0.158. The quantitative estimate of drug-likeness (QED) is 0.787. The lowest BCUT2D eigenvalue weighted by Gasteiger charge is -2.09. The molecule has 0 spiro atoms. The van der Waals surface area contributed by atoms with Crippen molar-refractivity contribution in [1.29, 1.82) is 0 Å². The second kappa shape index (κ2) is 9.12. The van der Waals surface area contributed by atoms with Crippen molar-refractivity contribution in [1.82, 2.24) is 5.32 Å². The van der Waals surface area contributed by atoms with Crippen LogP contribution in [-0.4, -0.2) is 25.7 Å². The van der Waals surface area contributed by atoms with Crippen LogP contribution < -0.4 is 15.4 Å². The molecule has 2 rings (SSSR count). The van der Waals surface area contributed by atoms with Gasteiger partial charge in [0.2, 0.25) is 0 Å². The molecular weight excluding hydrogens is 320 g/mol. The van der Waals surface area contributed by atoms with E-state index in [0.29, 0.717) is 11.3 Å². The molecule has 6 heteroatoms. The van der Waals surface area contributed by atoms with Crippen molar-refractivity contribution in [3.8, 4) is 5.75 Å². The van der Waals surface area contributed by atoms with E-state index in [1.807, 2.05) is 24.3 Å². The molecule has 0 radical (unpaired) electrons. The average molecular weight is 340 g/mol. The molecule has 0 aromatic heterocycles. The normalized spacial score (nSPS) is 10.3. The minimum Gasteiger partial charge on any atom is -0.497 e. The molecule has 6 nitrogen and oxygen atoms in total. The lowest BCUT2D eigenvalue weighted by Crippen LogP contribution is -2.25. The van der Waals surface area contributed by atoms with Crippen molar-refractivity contribution in [2.24, 2.45) is 0 Å². The number of nitrogens with one attached hydrogen (secondary N) is 2. The zero-order valence-corrected chi connectivity index (χ0v) is 14.1. The van der Waals surface area contributed by atoms with Crippen LogP contribution in [0.2, 0.25) is 0 Å². The van der Waals surface area contributed by atoms with Crippen molar-refractivity contribution < 1.29 is 19.1 Å². The molecule has 0 aliphatic heterocycles. The summed E-state index contributed by atoms with van der Waals surface area (Å²) in [6.07, 6.45) is 3.26. The lowest BCUT2D eigenvalue weighted by atomic mass is 10.2. The highest BCUT2D eigenvalue weighted by atomic mass is 16.5. The third kappa shape index (κ3) is 5.39. The number of para-hydroxylation sites is 1. The van der Waals surface area contributed by atoms with E-state index in [1.54, 1.807) is 44.4 Å². The largest absolute Gasteiger partial charge is 0.497 e. The maximum Gasteiger partial charge on any atom is 0.340 e. The highest BCUT2D eigenvalue weighted by molar-refractivity contribution is 6.01. The summed E-state index contributed by atoms with van der Waals surface area (Å²) in [4.78, 5) is 23.9. The van der Waals surface area contributed by atoms with Gasteiger partial charge in [-0.1, -0.05) is 24.3 Å². The van der Waals surface area contributed by atoms with Crippen LogP contribution in [-0.2, 0) is 4.74 Å². The second-order valence-electron chi connectivity index (χ2n) is 4.97. The highest BCUT2D eigenvalue weighted by Crippen LogP contribution is 2.16. The number of amides is 2. The van der Waals surface area contributed by atoms with Crippen LogP contribution in [0.5, 0.6) is 5.75 Å². The first-order chi connectivity index (χ1) is 12.1. The predicted octanol–water partition coefficient (Wildman–Crippen LogP) is 3.66. The molecule has 0 unspecified atom stereocenters. The Kier molecular flexibility index (Phi) is 6.59. The maximum atomic E-state index is 12.0. The smallest absolute Gasteiger partial charge is 0.340 e. The first kappa shape index (κ1) is 18.1. The van der Waals surface area contributed by atoms with E-state index in [4.69, 9.17) is 9.47 Å². The van der Waals surface area contributed by atoms with Crippen LogP contribution in [0.4, 0.5) is 10.5 Å². The zero-order valence-electron chi connectivity index (χ0n) is 14.1. The van der Waals surface area contributed by atoms with Crippen molar-refractivity contribution in [3.63, 3.8) is 0 Å². The number of methoxy groups -OCH3 is 1. The number of rotatable bonds is 6. The van der Waals surface area contributed by atoms with E-state index in [0.717, 1.165) is 11.3 Å². The van der Waals surface area contributed by atoms with Gasteiger partial charge in [0, 0.05) is 6.20 Å². The molecule has 0 bridgehead atoms. The van der Waals surface area contributed by atoms with Gasteiger partial charge in [0.25, 0.3) is 0 Å². The summed E-state index contributed by atoms with van der Waals surface area (Å²) in [6.45, 7) is 1.99. The highest BCUT2D eigenvalue weighted by Gasteiger charge is 2.13. The molecule has 0 fully saturated rings. The molecule has 0 aliphatic carbocycles. The van der Waals surface area contributed by atoms with E-state index in [9.17, 15) is 9.59 Å². The van der Waals surface area contributed by atoms with E-state index in [-0.39, 0.29) is 6.61 Å². The average Bonchev–Trinajstić information content (AvgIpc) is 2.63. The van der Waals surface area contributed by atoms with Gasteiger partial charge in [0.1, 0.15) is 5.75 Å². The monoisotopic (exact) mass is 340 g/mol. The van der Waals surface area contributed by atoms with Gasteiger partial charge in [-0.25, -0.2) is 9.59 Å². The first-order valence-corrected chi connectivity index (χ1v) is 7.78. The Morgan fingerprint density at radius 3 is 2.48 bits per heavy atom. The number of hydrogen-bond donors (Lipinski definition) is 2. The Morgan fingerprint density at radius 1 is 1.08 bits per heavy atom. The predicted molar refractivity (Wildman–Crippen MR) is 96.6 cm³/mol. The summed E-state index contributed by atoms with van der Waals surface area (Å²) in [5.41, 5.74) is 1.60. The lowest BCUT2D eigenvalue weighted by molar-refractivity contribution is 0.0527. The van der Waals surface area contributed by atoms with Crippen LogP contribution in [0.15, 0.2) is 54.7 Å². The van der Waals surface area contributed by atoms with Gasteiger partial charge >= 0.3 is 12.0 Å². The molecule has 2 aromatic rings. The summed E-state index contributed by atoms with van der Waals surface area (Å²) in [6, 6.07) is 13.6. The van der Waals surface area contributed by atoms with Gasteiger partial charge in [-0.2, -0.15) is 0 Å². The van der Waals surface area contributed by atoms with Crippen LogP contribution in [0, 0.1) is 0 Å². The third-order valence-corrected chi connectivity index (χ3v) is 3.28. The molecule has 2 amide bonds. The van der Waals surface area contributed by atoms with Gasteiger partial charge in [-0.05, 0) is 42.8 Å². The Labute approximate surface area is 146 Å². The Bertz CT molecular complexity index is 754. The van der Waals surface area contributed by atoms with Crippen molar-refractivity contribution in [2.75, 3.05) is 19.0 Å². The SMILES string of the molecule is CCOC(=O)c1ccccc1NC(=O)N/C=C/c1ccc(OC)cc1. The number of anilines is 1. The Hall–Kier alpha value is -3.28. The molecule has 2 aromatic carbocycles. The van der Waals surface area contributed by atoms with E-state index in [2.05, 4.69) is 10.6 Å². The van der Waals surface area contributed by atoms with E-state index in [1.165, 1.54) is 6.20 Å². The van der Waals surface area contributed by atoms with Crippen LogP contribution >= 0.6 is 0 Å². The molecular formula is C19H20N2O4. The van der Waals surface area contributed by atoms with Gasteiger partial charge in [-0.15, -0.1) is 0 Å². The number of esters is 1. The number of carbonyl (C=O) groups is 2. The fourth-order valence-electron chi connectivity index (χ4n) is 2.07. The van der Waals surface area contributed by atoms with Gasteiger partial charge in [-0.3, -0.25) is 0 Å². The van der Waals surface area contributed by atoms with E-state index < -0.39 is 12.0 Å². The molecule has 2 N–H and O–H groups in total. The Balaban J connectivity index is 1.96. The van der Waals surface area contributed by atoms with Crippen molar-refractivity contribution >= 4 is 23.8 Å². The second-order valence-corrected chi connectivity index (χ2v) is 4.97. The molecule has 25 heavy (non-hydrogen) atoms. The third-order valence-electron chi connectivity index (χ3n) is 3.28. The number of benzene rings is 2. The van der Waals surface area contributed by atoms with Crippen molar-refractivity contribution in [3.05, 3.63) is 65.9 Å². The summed E-state index contributed by atoms with van der Waals surface area (Å²) < 4.78 is 10.1. The molecule has 0 atom stereocenters. The number of urea groups is 1. The number of ether oxygens (including phenoxy) is 2. The standard InChI is InChI=1S/C19H20N2O4/c1-3-25-18(22)16-6-4-5-7-17(16)21-19(23)20-13-12-14-8-10-15(24-2)11-9-14/h4-13H,3H2,1-2H3,(H2,20,21,23)/b13-12+. The summed E-state index contributed by atoms with van der Waals surface area (Å²) in [5, 5.41) is 5.22. The minimum absolute atomic E-state index is 0.268. The van der Waals surface area contributed by atoms with E-state index >= 15 is 0 Å². The zero-order chi connectivity index (χ0) is 18.1. The molecule has 0 saturated heterocycles. The fourth-order valence-corrected chi connectivity index (χ4v) is 2.07. The number of carbonyl (C=O) groups excluding carboxylic acids is 2. The molecule has 130 valence electrons. The van der Waals surface area contributed by atoms with Gasteiger partial charge < -0.3 is 20.1 Å². The minimum atomic E-state index is -0.479. The molecule has 0 saturated carbocycles. The van der Waals surface area contributed by atoms with Gasteiger partial charge in [0.15, 0.2) is 0 Å². The molecule has 0 heterocycles. The van der Waals surface area contributed by atoms with Crippen LogP contribution in [0.1, 0.15) is 22.8 Å². The summed E-state index contributed by atoms with van der Waals surface area (Å²) in [5.74, 6) is 0.283. The summed E-state index contributed by atoms with van der Waals surface area (Å²) >= 11 is 0. The van der Waals surface area contributed by atoms with Gasteiger partial charge in [0.05, 0.1) is 25.0 Å². The Morgan fingerprint density at radius 2 is 1.80 bits per heavy atom. The summed E-state index contributed by atoms with van der Waals surface area (Å²) in [7, 11) is 1.60. The van der Waals surface area contributed by atoms with Crippen LogP contribution in [0.3, 0.4) is 0 Å². The number of hydrogen-bond acceptors (Lipinski definition) is 4. The maximum absolute atomic E-state index is 12.0. The molecule has 0 aliphatic rings.